The zero-order valence-corrected chi connectivity index (χ0v) is 11.6. The van der Waals surface area contributed by atoms with E-state index in [2.05, 4.69) is 15.9 Å². The van der Waals surface area contributed by atoms with Gasteiger partial charge in [0.25, 0.3) is 0 Å². The third-order valence-electron chi connectivity index (χ3n) is 2.55. The average molecular weight is 329 g/mol. The van der Waals surface area contributed by atoms with Crippen LogP contribution < -0.4 is 4.74 Å². The largest absolute Gasteiger partial charge is 0.457 e. The summed E-state index contributed by atoms with van der Waals surface area (Å²) in [7, 11) is 0. The molecule has 0 spiro atoms. The molecular weight excluding hydrogens is 318 g/mol. The third kappa shape index (κ3) is 3.11. The first kappa shape index (κ1) is 14.0. The maximum atomic E-state index is 13.6. The third-order valence-corrected chi connectivity index (χ3v) is 3.16. The van der Waals surface area contributed by atoms with Crippen molar-refractivity contribution >= 4 is 15.9 Å². The minimum atomic E-state index is -1.000. The fraction of sp³-hybridized carbons (Fsp3) is 0.143. The Hall–Kier alpha value is -1.46. The van der Waals surface area contributed by atoms with Gasteiger partial charge in [-0.3, -0.25) is 0 Å². The summed E-state index contributed by atoms with van der Waals surface area (Å²) in [5, 5.41) is 9.57. The Balaban J connectivity index is 2.38. The van der Waals surface area contributed by atoms with Gasteiger partial charge in [0, 0.05) is 0 Å². The van der Waals surface area contributed by atoms with Crippen molar-refractivity contribution in [1.82, 2.24) is 0 Å². The van der Waals surface area contributed by atoms with Gasteiger partial charge in [-0.1, -0.05) is 6.07 Å². The molecule has 0 saturated carbocycles. The second-order valence-corrected chi connectivity index (χ2v) is 4.86. The molecule has 0 aliphatic carbocycles. The predicted molar refractivity (Wildman–Crippen MR) is 71.2 cm³/mol. The van der Waals surface area contributed by atoms with Crippen LogP contribution in [0.1, 0.15) is 18.6 Å². The normalized spacial score (nSPS) is 12.3. The molecule has 2 aromatic rings. The summed E-state index contributed by atoms with van der Waals surface area (Å²) in [4.78, 5) is 0. The molecule has 0 heterocycles. The topological polar surface area (TPSA) is 29.5 Å². The molecule has 2 rings (SSSR count). The zero-order chi connectivity index (χ0) is 14.0. The maximum Gasteiger partial charge on any atom is 0.137 e. The summed E-state index contributed by atoms with van der Waals surface area (Å²) >= 11 is 3.04. The Kier molecular flexibility index (Phi) is 4.17. The Morgan fingerprint density at radius 3 is 2.53 bits per heavy atom. The first-order valence-electron chi connectivity index (χ1n) is 5.58. The Morgan fingerprint density at radius 2 is 1.89 bits per heavy atom. The van der Waals surface area contributed by atoms with Crippen molar-refractivity contribution in [2.45, 2.75) is 13.0 Å². The van der Waals surface area contributed by atoms with Gasteiger partial charge in [-0.2, -0.15) is 0 Å². The zero-order valence-electron chi connectivity index (χ0n) is 10.0. The fourth-order valence-corrected chi connectivity index (χ4v) is 2.04. The van der Waals surface area contributed by atoms with E-state index in [1.807, 2.05) is 0 Å². The van der Waals surface area contributed by atoms with Crippen LogP contribution >= 0.6 is 15.9 Å². The lowest BCUT2D eigenvalue weighted by molar-refractivity contribution is 0.190. The molecule has 0 fully saturated rings. The van der Waals surface area contributed by atoms with Crippen LogP contribution in [0, 0.1) is 11.6 Å². The lowest BCUT2D eigenvalue weighted by Gasteiger charge is -2.14. The minimum absolute atomic E-state index is 0.0722. The summed E-state index contributed by atoms with van der Waals surface area (Å²) in [5.74, 6) is -0.412. The second kappa shape index (κ2) is 5.67. The molecule has 1 unspecified atom stereocenters. The second-order valence-electron chi connectivity index (χ2n) is 4.01. The number of hydrogen-bond acceptors (Lipinski definition) is 2. The van der Waals surface area contributed by atoms with Crippen molar-refractivity contribution in [3.05, 3.63) is 58.1 Å². The lowest BCUT2D eigenvalue weighted by atomic mass is 10.1. The number of aliphatic hydroxyl groups is 1. The van der Waals surface area contributed by atoms with Crippen molar-refractivity contribution < 1.29 is 18.6 Å². The summed E-state index contributed by atoms with van der Waals surface area (Å²) in [5.41, 5.74) is 0.0722. The quantitative estimate of drug-likeness (QED) is 0.894. The SMILES string of the molecule is CC(O)c1c(F)cccc1Oc1ccc(F)c(Br)c1. The molecule has 0 amide bonds. The van der Waals surface area contributed by atoms with Gasteiger partial charge in [-0.25, -0.2) is 8.78 Å². The van der Waals surface area contributed by atoms with Crippen LogP contribution in [0.25, 0.3) is 0 Å². The molecule has 2 nitrogen and oxygen atoms in total. The molecule has 1 atom stereocenters. The first-order valence-corrected chi connectivity index (χ1v) is 6.37. The van der Waals surface area contributed by atoms with E-state index >= 15 is 0 Å². The van der Waals surface area contributed by atoms with Crippen LogP contribution in [0.5, 0.6) is 11.5 Å². The lowest BCUT2D eigenvalue weighted by Crippen LogP contribution is -1.99. The molecule has 0 saturated heterocycles. The number of ether oxygens (including phenoxy) is 1. The molecule has 0 aromatic heterocycles. The number of aliphatic hydroxyl groups excluding tert-OH is 1. The molecule has 100 valence electrons. The van der Waals surface area contributed by atoms with E-state index < -0.39 is 17.7 Å². The maximum absolute atomic E-state index is 13.6. The van der Waals surface area contributed by atoms with E-state index in [1.165, 1.54) is 37.3 Å². The van der Waals surface area contributed by atoms with Gasteiger partial charge in [0.15, 0.2) is 0 Å². The van der Waals surface area contributed by atoms with Gasteiger partial charge in [0.1, 0.15) is 23.1 Å². The van der Waals surface area contributed by atoms with Crippen molar-refractivity contribution in [1.29, 1.82) is 0 Å². The van der Waals surface area contributed by atoms with Crippen molar-refractivity contribution in [2.24, 2.45) is 0 Å². The Morgan fingerprint density at radius 1 is 1.16 bits per heavy atom. The summed E-state index contributed by atoms with van der Waals surface area (Å²) < 4.78 is 32.5. The summed E-state index contributed by atoms with van der Waals surface area (Å²) in [6.45, 7) is 1.45. The van der Waals surface area contributed by atoms with Crippen LogP contribution in [-0.2, 0) is 0 Å². The highest BCUT2D eigenvalue weighted by molar-refractivity contribution is 9.10. The van der Waals surface area contributed by atoms with Crippen molar-refractivity contribution in [3.63, 3.8) is 0 Å². The fourth-order valence-electron chi connectivity index (χ4n) is 1.68. The van der Waals surface area contributed by atoms with E-state index in [-0.39, 0.29) is 15.8 Å². The van der Waals surface area contributed by atoms with Crippen LogP contribution in [-0.4, -0.2) is 5.11 Å². The van der Waals surface area contributed by atoms with Crippen LogP contribution in [0.4, 0.5) is 8.78 Å². The van der Waals surface area contributed by atoms with Crippen LogP contribution in [0.15, 0.2) is 40.9 Å². The number of rotatable bonds is 3. The molecule has 0 radical (unpaired) electrons. The van der Waals surface area contributed by atoms with E-state index in [9.17, 15) is 13.9 Å². The highest BCUT2D eigenvalue weighted by Crippen LogP contribution is 2.32. The molecule has 0 aliphatic heterocycles. The summed E-state index contributed by atoms with van der Waals surface area (Å²) in [6, 6.07) is 8.37. The van der Waals surface area contributed by atoms with Gasteiger partial charge in [-0.05, 0) is 53.2 Å². The highest BCUT2D eigenvalue weighted by Gasteiger charge is 2.15. The van der Waals surface area contributed by atoms with Gasteiger partial charge >= 0.3 is 0 Å². The van der Waals surface area contributed by atoms with Crippen molar-refractivity contribution in [3.8, 4) is 11.5 Å². The van der Waals surface area contributed by atoms with Gasteiger partial charge in [0.05, 0.1) is 16.1 Å². The number of hydrogen-bond donors (Lipinski definition) is 1. The number of halogens is 3. The van der Waals surface area contributed by atoms with Gasteiger partial charge < -0.3 is 9.84 Å². The monoisotopic (exact) mass is 328 g/mol. The van der Waals surface area contributed by atoms with Crippen LogP contribution in [0.3, 0.4) is 0 Å². The standard InChI is InChI=1S/C14H11BrF2O2/c1-8(18)14-12(17)3-2-4-13(14)19-9-5-6-11(16)10(15)7-9/h2-8,18H,1H3. The predicted octanol–water partition coefficient (Wildman–Crippen LogP) is 4.57. The summed E-state index contributed by atoms with van der Waals surface area (Å²) in [6.07, 6.45) is -1.000. The highest BCUT2D eigenvalue weighted by atomic mass is 79.9. The van der Waals surface area contributed by atoms with Crippen molar-refractivity contribution in [2.75, 3.05) is 0 Å². The Labute approximate surface area is 117 Å². The van der Waals surface area contributed by atoms with E-state index in [1.54, 1.807) is 6.07 Å². The molecular formula is C14H11BrF2O2. The van der Waals surface area contributed by atoms with E-state index in [0.29, 0.717) is 5.75 Å². The van der Waals surface area contributed by atoms with Gasteiger partial charge in [0.2, 0.25) is 0 Å². The molecule has 19 heavy (non-hydrogen) atoms. The minimum Gasteiger partial charge on any atom is -0.457 e. The van der Waals surface area contributed by atoms with Gasteiger partial charge in [-0.15, -0.1) is 0 Å². The molecule has 1 N–H and O–H groups in total. The molecule has 5 heteroatoms. The number of benzene rings is 2. The first-order chi connectivity index (χ1) is 8.99. The van der Waals surface area contributed by atoms with Crippen LogP contribution in [0.2, 0.25) is 0 Å². The molecule has 0 bridgehead atoms. The Bertz CT molecular complexity index is 600. The smallest absolute Gasteiger partial charge is 0.137 e. The average Bonchev–Trinajstić information content (AvgIpc) is 2.33. The van der Waals surface area contributed by atoms with E-state index in [4.69, 9.17) is 4.74 Å². The van der Waals surface area contributed by atoms with E-state index in [0.717, 1.165) is 0 Å². The molecule has 0 aliphatic rings. The molecule has 2 aromatic carbocycles.